The fourth-order valence-electron chi connectivity index (χ4n) is 2.06. The van der Waals surface area contributed by atoms with Crippen molar-refractivity contribution in [2.75, 3.05) is 23.7 Å². The van der Waals surface area contributed by atoms with Crippen LogP contribution >= 0.6 is 0 Å². The third kappa shape index (κ3) is 3.17. The van der Waals surface area contributed by atoms with E-state index in [1.165, 1.54) is 0 Å². The van der Waals surface area contributed by atoms with Gasteiger partial charge in [0.25, 0.3) is 0 Å². The topological polar surface area (TPSA) is 74.8 Å². The first-order valence-electron chi connectivity index (χ1n) is 6.37. The number of hydrogen-bond donors (Lipinski definition) is 3. The van der Waals surface area contributed by atoms with Crippen LogP contribution in [0.2, 0.25) is 0 Å². The molecule has 3 rings (SSSR count). The van der Waals surface area contributed by atoms with Crippen LogP contribution in [0.25, 0.3) is 0 Å². The van der Waals surface area contributed by atoms with E-state index in [4.69, 9.17) is 0 Å². The number of anilines is 3. The van der Waals surface area contributed by atoms with Crippen molar-refractivity contribution in [2.24, 2.45) is 0 Å². The van der Waals surface area contributed by atoms with Gasteiger partial charge in [0.1, 0.15) is 23.8 Å². The maximum atomic E-state index is 4.23. The van der Waals surface area contributed by atoms with Crippen molar-refractivity contribution in [3.05, 3.63) is 36.8 Å². The second-order valence-corrected chi connectivity index (χ2v) is 4.46. The van der Waals surface area contributed by atoms with Crippen LogP contribution in [-0.2, 0) is 0 Å². The maximum absolute atomic E-state index is 4.23. The van der Waals surface area contributed by atoms with Crippen LogP contribution in [0.3, 0.4) is 0 Å². The SMILES string of the molecule is c1ccc(Nc2cc(NC3CCNC3)ncn2)nc1. The van der Waals surface area contributed by atoms with Crippen LogP contribution in [0.4, 0.5) is 17.5 Å². The van der Waals surface area contributed by atoms with E-state index in [0.29, 0.717) is 6.04 Å². The minimum absolute atomic E-state index is 0.442. The zero-order valence-corrected chi connectivity index (χ0v) is 10.5. The lowest BCUT2D eigenvalue weighted by molar-refractivity contribution is 0.787. The van der Waals surface area contributed by atoms with Gasteiger partial charge >= 0.3 is 0 Å². The summed E-state index contributed by atoms with van der Waals surface area (Å²) < 4.78 is 0. The molecule has 6 nitrogen and oxygen atoms in total. The van der Waals surface area contributed by atoms with Crippen molar-refractivity contribution < 1.29 is 0 Å². The van der Waals surface area contributed by atoms with Crippen molar-refractivity contribution in [1.29, 1.82) is 0 Å². The first kappa shape index (κ1) is 11.9. The summed E-state index contributed by atoms with van der Waals surface area (Å²) in [5.41, 5.74) is 0. The van der Waals surface area contributed by atoms with Gasteiger partial charge in [-0.2, -0.15) is 0 Å². The van der Waals surface area contributed by atoms with Crippen molar-refractivity contribution in [3.8, 4) is 0 Å². The van der Waals surface area contributed by atoms with Gasteiger partial charge < -0.3 is 16.0 Å². The zero-order valence-electron chi connectivity index (χ0n) is 10.5. The Kier molecular flexibility index (Phi) is 3.51. The van der Waals surface area contributed by atoms with Crippen LogP contribution in [0.1, 0.15) is 6.42 Å². The maximum Gasteiger partial charge on any atom is 0.137 e. The molecule has 1 atom stereocenters. The number of nitrogens with zero attached hydrogens (tertiary/aromatic N) is 3. The summed E-state index contributed by atoms with van der Waals surface area (Å²) in [7, 11) is 0. The van der Waals surface area contributed by atoms with Crippen LogP contribution in [0.5, 0.6) is 0 Å². The van der Waals surface area contributed by atoms with E-state index in [1.54, 1.807) is 12.5 Å². The zero-order chi connectivity index (χ0) is 12.9. The minimum Gasteiger partial charge on any atom is -0.366 e. The Labute approximate surface area is 111 Å². The predicted octanol–water partition coefficient (Wildman–Crippen LogP) is 1.39. The average Bonchev–Trinajstić information content (AvgIpc) is 2.93. The molecular formula is C13H16N6. The van der Waals surface area contributed by atoms with E-state index in [1.807, 2.05) is 24.3 Å². The minimum atomic E-state index is 0.442. The van der Waals surface area contributed by atoms with Crippen LogP contribution in [-0.4, -0.2) is 34.1 Å². The molecule has 0 amide bonds. The highest BCUT2D eigenvalue weighted by Gasteiger charge is 2.14. The summed E-state index contributed by atoms with van der Waals surface area (Å²) in [6, 6.07) is 8.05. The standard InChI is InChI=1S/C13H16N6/c1-2-5-15-11(3-1)19-13-7-12(16-9-17-13)18-10-4-6-14-8-10/h1-3,5,7,9-10,14H,4,6,8H2,(H2,15,16,17,18,19). The monoisotopic (exact) mass is 256 g/mol. The highest BCUT2D eigenvalue weighted by Crippen LogP contribution is 2.15. The van der Waals surface area contributed by atoms with Crippen LogP contribution in [0, 0.1) is 0 Å². The van der Waals surface area contributed by atoms with Gasteiger partial charge in [0.2, 0.25) is 0 Å². The Bertz CT molecular complexity index is 524. The summed E-state index contributed by atoms with van der Waals surface area (Å²) >= 11 is 0. The summed E-state index contributed by atoms with van der Waals surface area (Å²) in [6.07, 6.45) is 4.41. The van der Waals surface area contributed by atoms with Gasteiger partial charge in [-0.3, -0.25) is 0 Å². The van der Waals surface area contributed by atoms with Gasteiger partial charge in [0, 0.05) is 24.8 Å². The van der Waals surface area contributed by atoms with E-state index in [9.17, 15) is 0 Å². The summed E-state index contributed by atoms with van der Waals surface area (Å²) in [4.78, 5) is 12.6. The third-order valence-electron chi connectivity index (χ3n) is 3.00. The van der Waals surface area contributed by atoms with Gasteiger partial charge in [-0.15, -0.1) is 0 Å². The number of hydrogen-bond acceptors (Lipinski definition) is 6. The fraction of sp³-hybridized carbons (Fsp3) is 0.308. The molecule has 1 fully saturated rings. The Morgan fingerprint density at radius 1 is 1.11 bits per heavy atom. The highest BCUT2D eigenvalue weighted by molar-refractivity contribution is 5.55. The molecule has 2 aromatic rings. The van der Waals surface area contributed by atoms with Gasteiger partial charge in [-0.1, -0.05) is 6.07 Å². The van der Waals surface area contributed by atoms with Gasteiger partial charge in [0.15, 0.2) is 0 Å². The molecule has 0 aliphatic carbocycles. The number of rotatable bonds is 4. The Balaban J connectivity index is 1.69. The number of aromatic nitrogens is 3. The molecule has 2 aromatic heterocycles. The van der Waals surface area contributed by atoms with Crippen molar-refractivity contribution in [1.82, 2.24) is 20.3 Å². The molecule has 98 valence electrons. The van der Waals surface area contributed by atoms with Crippen LogP contribution < -0.4 is 16.0 Å². The van der Waals surface area contributed by atoms with Gasteiger partial charge in [0.05, 0.1) is 0 Å². The molecule has 19 heavy (non-hydrogen) atoms. The molecule has 3 heterocycles. The molecule has 3 N–H and O–H groups in total. The molecule has 1 aliphatic heterocycles. The smallest absolute Gasteiger partial charge is 0.137 e. The largest absolute Gasteiger partial charge is 0.366 e. The summed E-state index contributed by atoms with van der Waals surface area (Å²) in [6.45, 7) is 2.04. The Hall–Kier alpha value is -2.21. The van der Waals surface area contributed by atoms with Gasteiger partial charge in [-0.05, 0) is 25.1 Å². The molecule has 1 unspecified atom stereocenters. The molecule has 0 bridgehead atoms. The second-order valence-electron chi connectivity index (χ2n) is 4.46. The Morgan fingerprint density at radius 3 is 2.84 bits per heavy atom. The number of nitrogens with one attached hydrogen (secondary N) is 3. The molecule has 6 heteroatoms. The van der Waals surface area contributed by atoms with E-state index in [0.717, 1.165) is 37.0 Å². The molecule has 0 radical (unpaired) electrons. The Morgan fingerprint density at radius 2 is 2.05 bits per heavy atom. The van der Waals surface area contributed by atoms with Crippen molar-refractivity contribution >= 4 is 17.5 Å². The molecule has 1 aliphatic rings. The quantitative estimate of drug-likeness (QED) is 0.767. The first-order chi connectivity index (χ1) is 9.40. The number of pyridine rings is 1. The van der Waals surface area contributed by atoms with Crippen molar-refractivity contribution in [3.63, 3.8) is 0 Å². The third-order valence-corrected chi connectivity index (χ3v) is 3.00. The predicted molar refractivity (Wildman–Crippen MR) is 74.4 cm³/mol. The van der Waals surface area contributed by atoms with Crippen molar-refractivity contribution in [2.45, 2.75) is 12.5 Å². The van der Waals surface area contributed by atoms with Gasteiger partial charge in [-0.25, -0.2) is 15.0 Å². The van der Waals surface area contributed by atoms with E-state index in [-0.39, 0.29) is 0 Å². The molecule has 0 saturated carbocycles. The lowest BCUT2D eigenvalue weighted by atomic mass is 10.2. The fourth-order valence-corrected chi connectivity index (χ4v) is 2.06. The molecular weight excluding hydrogens is 240 g/mol. The second kappa shape index (κ2) is 5.62. The average molecular weight is 256 g/mol. The molecule has 1 saturated heterocycles. The molecule has 0 spiro atoms. The van der Waals surface area contributed by atoms with E-state index < -0.39 is 0 Å². The lowest BCUT2D eigenvalue weighted by Crippen LogP contribution is -2.22. The van der Waals surface area contributed by atoms with E-state index in [2.05, 4.69) is 30.9 Å². The summed E-state index contributed by atoms with van der Waals surface area (Å²) in [5, 5.41) is 9.86. The normalized spacial score (nSPS) is 18.2. The summed E-state index contributed by atoms with van der Waals surface area (Å²) in [5.74, 6) is 2.35. The van der Waals surface area contributed by atoms with E-state index >= 15 is 0 Å². The molecule has 0 aromatic carbocycles. The first-order valence-corrected chi connectivity index (χ1v) is 6.37. The lowest BCUT2D eigenvalue weighted by Gasteiger charge is -2.12. The highest BCUT2D eigenvalue weighted by atomic mass is 15.1. The van der Waals surface area contributed by atoms with Crippen LogP contribution in [0.15, 0.2) is 36.8 Å².